The molecule has 0 spiro atoms. The summed E-state index contributed by atoms with van der Waals surface area (Å²) in [6, 6.07) is 1.66. The molecule has 0 N–H and O–H groups in total. The minimum absolute atomic E-state index is 0.246. The zero-order chi connectivity index (χ0) is 13.4. The van der Waals surface area contributed by atoms with Crippen molar-refractivity contribution in [2.24, 2.45) is 5.41 Å². The van der Waals surface area contributed by atoms with Gasteiger partial charge in [0.1, 0.15) is 0 Å². The molecule has 1 fully saturated rings. The van der Waals surface area contributed by atoms with Crippen molar-refractivity contribution in [1.29, 1.82) is 0 Å². The van der Waals surface area contributed by atoms with Crippen LogP contribution in [0.15, 0.2) is 16.3 Å². The highest BCUT2D eigenvalue weighted by molar-refractivity contribution is 7.89. The Bertz CT molecular complexity index is 512. The van der Waals surface area contributed by atoms with Crippen LogP contribution in [0, 0.1) is 5.41 Å². The summed E-state index contributed by atoms with van der Waals surface area (Å²) < 4.78 is 26.6. The molecule has 0 radical (unpaired) electrons. The van der Waals surface area contributed by atoms with Crippen LogP contribution in [0.25, 0.3) is 0 Å². The standard InChI is InChI=1S/C12H18ClNO2S2/c1-12(2)4-6-14(7-5-12)18(15,16)11-3-8-17-10(11)9-13/h3,8H,4-7,9H2,1-2H3. The second kappa shape index (κ2) is 5.12. The van der Waals surface area contributed by atoms with Gasteiger partial charge >= 0.3 is 0 Å². The lowest BCUT2D eigenvalue weighted by molar-refractivity contribution is 0.196. The number of hydrogen-bond donors (Lipinski definition) is 0. The second-order valence-electron chi connectivity index (χ2n) is 5.41. The fourth-order valence-corrected chi connectivity index (χ4v) is 5.24. The van der Waals surface area contributed by atoms with E-state index in [4.69, 9.17) is 11.6 Å². The van der Waals surface area contributed by atoms with Crippen LogP contribution >= 0.6 is 22.9 Å². The highest BCUT2D eigenvalue weighted by Crippen LogP contribution is 2.34. The van der Waals surface area contributed by atoms with E-state index in [0.717, 1.165) is 17.7 Å². The number of nitrogens with zero attached hydrogens (tertiary/aromatic N) is 1. The molecule has 2 heterocycles. The Hall–Kier alpha value is -0.100. The van der Waals surface area contributed by atoms with E-state index >= 15 is 0 Å². The molecule has 0 bridgehead atoms. The van der Waals surface area contributed by atoms with E-state index in [1.165, 1.54) is 11.3 Å². The maximum Gasteiger partial charge on any atom is 0.244 e. The van der Waals surface area contributed by atoms with Gasteiger partial charge in [-0.1, -0.05) is 13.8 Å². The summed E-state index contributed by atoms with van der Waals surface area (Å²) in [7, 11) is -3.35. The van der Waals surface area contributed by atoms with Gasteiger partial charge in [0.05, 0.1) is 10.8 Å². The Morgan fingerprint density at radius 2 is 2.00 bits per heavy atom. The number of alkyl halides is 1. The van der Waals surface area contributed by atoms with Gasteiger partial charge in [-0.2, -0.15) is 4.31 Å². The molecule has 0 atom stereocenters. The van der Waals surface area contributed by atoms with Crippen molar-refractivity contribution in [3.8, 4) is 0 Å². The molecular weight excluding hydrogens is 290 g/mol. The van der Waals surface area contributed by atoms with Crippen molar-refractivity contribution in [1.82, 2.24) is 4.31 Å². The van der Waals surface area contributed by atoms with E-state index in [-0.39, 0.29) is 11.3 Å². The topological polar surface area (TPSA) is 37.4 Å². The zero-order valence-corrected chi connectivity index (χ0v) is 13.0. The minimum Gasteiger partial charge on any atom is -0.207 e. The van der Waals surface area contributed by atoms with Crippen molar-refractivity contribution < 1.29 is 8.42 Å². The van der Waals surface area contributed by atoms with Gasteiger partial charge in [-0.15, -0.1) is 22.9 Å². The quantitative estimate of drug-likeness (QED) is 0.804. The molecule has 18 heavy (non-hydrogen) atoms. The number of sulfonamides is 1. The van der Waals surface area contributed by atoms with E-state index in [1.807, 2.05) is 0 Å². The van der Waals surface area contributed by atoms with Crippen LogP contribution in [0.5, 0.6) is 0 Å². The fraction of sp³-hybridized carbons (Fsp3) is 0.667. The van der Waals surface area contributed by atoms with Crippen molar-refractivity contribution in [3.63, 3.8) is 0 Å². The van der Waals surface area contributed by atoms with E-state index < -0.39 is 10.0 Å². The van der Waals surface area contributed by atoms with Crippen LogP contribution in [0.4, 0.5) is 0 Å². The van der Waals surface area contributed by atoms with Crippen LogP contribution in [-0.4, -0.2) is 25.8 Å². The third kappa shape index (κ3) is 2.74. The van der Waals surface area contributed by atoms with Crippen molar-refractivity contribution in [2.75, 3.05) is 13.1 Å². The third-order valence-electron chi connectivity index (χ3n) is 3.52. The SMILES string of the molecule is CC1(C)CCN(S(=O)(=O)c2ccsc2CCl)CC1. The smallest absolute Gasteiger partial charge is 0.207 e. The highest BCUT2D eigenvalue weighted by atomic mass is 35.5. The first-order valence-electron chi connectivity index (χ1n) is 5.99. The van der Waals surface area contributed by atoms with Gasteiger partial charge in [-0.25, -0.2) is 8.42 Å². The maximum absolute atomic E-state index is 12.5. The molecular formula is C12H18ClNO2S2. The normalized spacial score (nSPS) is 21.1. The Kier molecular flexibility index (Phi) is 4.07. The summed E-state index contributed by atoms with van der Waals surface area (Å²) in [5, 5.41) is 1.79. The predicted molar refractivity (Wildman–Crippen MR) is 75.6 cm³/mol. The molecule has 102 valence electrons. The Morgan fingerprint density at radius 1 is 1.39 bits per heavy atom. The van der Waals surface area contributed by atoms with Crippen molar-refractivity contribution in [2.45, 2.75) is 37.5 Å². The first kappa shape index (κ1) is 14.3. The Balaban J connectivity index is 2.23. The van der Waals surface area contributed by atoms with E-state index in [1.54, 1.807) is 15.8 Å². The molecule has 6 heteroatoms. The van der Waals surface area contributed by atoms with Gasteiger partial charge in [0.15, 0.2) is 0 Å². The molecule has 2 rings (SSSR count). The van der Waals surface area contributed by atoms with E-state index in [0.29, 0.717) is 18.0 Å². The number of piperidine rings is 1. The lowest BCUT2D eigenvalue weighted by Crippen LogP contribution is -2.41. The monoisotopic (exact) mass is 307 g/mol. The zero-order valence-electron chi connectivity index (χ0n) is 10.6. The molecule has 3 nitrogen and oxygen atoms in total. The van der Waals surface area contributed by atoms with Gasteiger partial charge < -0.3 is 0 Å². The number of thiophene rings is 1. The van der Waals surface area contributed by atoms with Crippen LogP contribution in [0.2, 0.25) is 0 Å². The largest absolute Gasteiger partial charge is 0.244 e. The molecule has 1 saturated heterocycles. The fourth-order valence-electron chi connectivity index (χ4n) is 2.13. The van der Waals surface area contributed by atoms with Crippen molar-refractivity contribution in [3.05, 3.63) is 16.3 Å². The molecule has 0 unspecified atom stereocenters. The Labute approximate surface area is 118 Å². The number of halogens is 1. The average Bonchev–Trinajstić information content (AvgIpc) is 2.77. The first-order valence-corrected chi connectivity index (χ1v) is 8.85. The summed E-state index contributed by atoms with van der Waals surface area (Å²) in [6.07, 6.45) is 1.82. The number of hydrogen-bond acceptors (Lipinski definition) is 3. The summed E-state index contributed by atoms with van der Waals surface area (Å²) in [6.45, 7) is 5.58. The van der Waals surface area contributed by atoms with Gasteiger partial charge in [-0.05, 0) is 29.7 Å². The molecule has 1 aromatic heterocycles. The van der Waals surface area contributed by atoms with E-state index in [2.05, 4.69) is 13.8 Å². The molecule has 0 aromatic carbocycles. The summed E-state index contributed by atoms with van der Waals surface area (Å²) in [5.41, 5.74) is 0.246. The molecule has 1 aromatic rings. The molecule has 0 saturated carbocycles. The molecule has 0 amide bonds. The lowest BCUT2D eigenvalue weighted by Gasteiger charge is -2.36. The highest BCUT2D eigenvalue weighted by Gasteiger charge is 2.33. The average molecular weight is 308 g/mol. The van der Waals surface area contributed by atoms with E-state index in [9.17, 15) is 8.42 Å². The van der Waals surface area contributed by atoms with Crippen LogP contribution in [0.3, 0.4) is 0 Å². The van der Waals surface area contributed by atoms with Gasteiger partial charge in [-0.3, -0.25) is 0 Å². The van der Waals surface area contributed by atoms with Crippen LogP contribution < -0.4 is 0 Å². The second-order valence-corrected chi connectivity index (χ2v) is 8.58. The third-order valence-corrected chi connectivity index (χ3v) is 6.98. The summed E-state index contributed by atoms with van der Waals surface area (Å²) in [5.74, 6) is 0.256. The molecule has 1 aliphatic heterocycles. The van der Waals surface area contributed by atoms with Crippen molar-refractivity contribution >= 4 is 33.0 Å². The summed E-state index contributed by atoms with van der Waals surface area (Å²) in [4.78, 5) is 1.13. The number of rotatable bonds is 3. The van der Waals surface area contributed by atoms with Gasteiger partial charge in [0.2, 0.25) is 10.0 Å². The molecule has 0 aliphatic carbocycles. The van der Waals surface area contributed by atoms with Crippen LogP contribution in [-0.2, 0) is 15.9 Å². The minimum atomic E-state index is -3.35. The first-order chi connectivity index (χ1) is 8.37. The van der Waals surface area contributed by atoms with Gasteiger partial charge in [0.25, 0.3) is 0 Å². The summed E-state index contributed by atoms with van der Waals surface area (Å²) >= 11 is 7.19. The molecule has 1 aliphatic rings. The maximum atomic E-state index is 12.5. The van der Waals surface area contributed by atoms with Gasteiger partial charge in [0, 0.05) is 18.0 Å². The predicted octanol–water partition coefficient (Wildman–Crippen LogP) is 3.30. The Morgan fingerprint density at radius 3 is 2.56 bits per heavy atom. The van der Waals surface area contributed by atoms with Crippen LogP contribution in [0.1, 0.15) is 31.6 Å². The lowest BCUT2D eigenvalue weighted by atomic mass is 9.83.